The number of rotatable bonds is 4. The van der Waals surface area contributed by atoms with E-state index >= 15 is 0 Å². The van der Waals surface area contributed by atoms with Crippen LogP contribution in [0.1, 0.15) is 18.5 Å². The van der Waals surface area contributed by atoms with Gasteiger partial charge in [-0.25, -0.2) is 8.78 Å². The minimum absolute atomic E-state index is 0.263. The molecule has 14 heavy (non-hydrogen) atoms. The summed E-state index contributed by atoms with van der Waals surface area (Å²) in [6.07, 6.45) is 0. The van der Waals surface area contributed by atoms with E-state index in [0.717, 1.165) is 6.07 Å². The molecule has 1 unspecified atom stereocenters. The van der Waals surface area contributed by atoms with Crippen LogP contribution in [0.2, 0.25) is 0 Å². The lowest BCUT2D eigenvalue weighted by atomic mass is 10.1. The Bertz CT molecular complexity index is 284. The van der Waals surface area contributed by atoms with Gasteiger partial charge in [0.2, 0.25) is 0 Å². The number of benzene rings is 1. The molecule has 78 valence electrons. The van der Waals surface area contributed by atoms with E-state index in [1.54, 1.807) is 0 Å². The molecule has 0 fully saturated rings. The van der Waals surface area contributed by atoms with Gasteiger partial charge in [0.1, 0.15) is 11.6 Å². The van der Waals surface area contributed by atoms with E-state index in [9.17, 15) is 8.78 Å². The van der Waals surface area contributed by atoms with Crippen molar-refractivity contribution in [3.63, 3.8) is 0 Å². The maximum Gasteiger partial charge on any atom is 0.126 e. The molecule has 1 aromatic carbocycles. The maximum atomic E-state index is 12.8. The summed E-state index contributed by atoms with van der Waals surface area (Å²) in [5.41, 5.74) is 6.07. The van der Waals surface area contributed by atoms with Crippen molar-refractivity contribution in [2.45, 2.75) is 13.0 Å². The lowest BCUT2D eigenvalue weighted by molar-refractivity contribution is 0.133. The molecule has 0 aromatic heterocycles. The maximum absolute atomic E-state index is 12.8. The zero-order valence-electron chi connectivity index (χ0n) is 7.97. The van der Waals surface area contributed by atoms with Gasteiger partial charge in [-0.2, -0.15) is 0 Å². The third-order valence-electron chi connectivity index (χ3n) is 1.81. The van der Waals surface area contributed by atoms with Gasteiger partial charge < -0.3 is 10.5 Å². The highest BCUT2D eigenvalue weighted by atomic mass is 19.1. The van der Waals surface area contributed by atoms with E-state index in [1.165, 1.54) is 12.1 Å². The van der Waals surface area contributed by atoms with Crippen LogP contribution in [0.4, 0.5) is 8.78 Å². The van der Waals surface area contributed by atoms with E-state index in [1.807, 2.05) is 6.92 Å². The van der Waals surface area contributed by atoms with Crippen molar-refractivity contribution in [1.29, 1.82) is 0 Å². The van der Waals surface area contributed by atoms with Gasteiger partial charge in [0.05, 0.1) is 12.6 Å². The standard InChI is InChI=1S/C10H13F2NO/c1-2-14-6-10(13)7-3-8(11)5-9(12)4-7/h3-5,10H,2,6,13H2,1H3. The van der Waals surface area contributed by atoms with Crippen LogP contribution in [0.15, 0.2) is 18.2 Å². The van der Waals surface area contributed by atoms with Crippen LogP contribution in [-0.4, -0.2) is 13.2 Å². The van der Waals surface area contributed by atoms with Gasteiger partial charge in [-0.15, -0.1) is 0 Å². The number of halogens is 2. The molecule has 0 bridgehead atoms. The summed E-state index contributed by atoms with van der Waals surface area (Å²) in [6.45, 7) is 2.63. The van der Waals surface area contributed by atoms with Crippen LogP contribution in [0.5, 0.6) is 0 Å². The summed E-state index contributed by atoms with van der Waals surface area (Å²) in [5, 5.41) is 0. The molecule has 1 atom stereocenters. The molecule has 0 aliphatic carbocycles. The Balaban J connectivity index is 2.73. The molecule has 2 nitrogen and oxygen atoms in total. The topological polar surface area (TPSA) is 35.2 Å². The number of ether oxygens (including phenoxy) is 1. The molecule has 0 heterocycles. The highest BCUT2D eigenvalue weighted by Crippen LogP contribution is 2.14. The molecular formula is C10H13F2NO. The normalized spacial score (nSPS) is 12.9. The van der Waals surface area contributed by atoms with Gasteiger partial charge in [0.25, 0.3) is 0 Å². The Morgan fingerprint density at radius 2 is 1.86 bits per heavy atom. The summed E-state index contributed by atoms with van der Waals surface area (Å²) < 4.78 is 30.6. The van der Waals surface area contributed by atoms with Crippen molar-refractivity contribution < 1.29 is 13.5 Å². The predicted molar refractivity (Wildman–Crippen MR) is 49.8 cm³/mol. The van der Waals surface area contributed by atoms with Crippen LogP contribution in [0.25, 0.3) is 0 Å². The fourth-order valence-electron chi connectivity index (χ4n) is 1.13. The summed E-state index contributed by atoms with van der Waals surface area (Å²) in [7, 11) is 0. The van der Waals surface area contributed by atoms with E-state index in [4.69, 9.17) is 10.5 Å². The summed E-state index contributed by atoms with van der Waals surface area (Å²) in [5.74, 6) is -1.24. The first-order chi connectivity index (χ1) is 6.63. The van der Waals surface area contributed by atoms with Crippen molar-refractivity contribution in [2.24, 2.45) is 5.73 Å². The number of hydrogen-bond acceptors (Lipinski definition) is 2. The van der Waals surface area contributed by atoms with Crippen molar-refractivity contribution >= 4 is 0 Å². The molecule has 4 heteroatoms. The lowest BCUT2D eigenvalue weighted by Crippen LogP contribution is -2.17. The van der Waals surface area contributed by atoms with E-state index in [-0.39, 0.29) is 6.61 Å². The number of hydrogen-bond donors (Lipinski definition) is 1. The van der Waals surface area contributed by atoms with Crippen molar-refractivity contribution in [3.8, 4) is 0 Å². The third kappa shape index (κ3) is 3.05. The van der Waals surface area contributed by atoms with Crippen LogP contribution >= 0.6 is 0 Å². The van der Waals surface area contributed by atoms with Crippen molar-refractivity contribution in [3.05, 3.63) is 35.4 Å². The Morgan fingerprint density at radius 3 is 2.36 bits per heavy atom. The monoisotopic (exact) mass is 201 g/mol. The number of nitrogens with two attached hydrogens (primary N) is 1. The second-order valence-corrected chi connectivity index (χ2v) is 2.97. The van der Waals surface area contributed by atoms with Crippen molar-refractivity contribution in [2.75, 3.05) is 13.2 Å². The van der Waals surface area contributed by atoms with Gasteiger partial charge in [-0.05, 0) is 24.6 Å². The fourth-order valence-corrected chi connectivity index (χ4v) is 1.13. The molecule has 0 spiro atoms. The van der Waals surface area contributed by atoms with Gasteiger partial charge in [-0.3, -0.25) is 0 Å². The van der Waals surface area contributed by atoms with E-state index in [0.29, 0.717) is 12.2 Å². The predicted octanol–water partition coefficient (Wildman–Crippen LogP) is 2.00. The lowest BCUT2D eigenvalue weighted by Gasteiger charge is -2.11. The van der Waals surface area contributed by atoms with Gasteiger partial charge in [0.15, 0.2) is 0 Å². The molecule has 0 saturated carbocycles. The fraction of sp³-hybridized carbons (Fsp3) is 0.400. The van der Waals surface area contributed by atoms with Crippen LogP contribution in [-0.2, 0) is 4.74 Å². The van der Waals surface area contributed by atoms with Crippen LogP contribution < -0.4 is 5.73 Å². The van der Waals surface area contributed by atoms with Gasteiger partial charge in [0, 0.05) is 12.7 Å². The van der Waals surface area contributed by atoms with Gasteiger partial charge >= 0.3 is 0 Å². The minimum Gasteiger partial charge on any atom is -0.380 e. The van der Waals surface area contributed by atoms with Crippen LogP contribution in [0.3, 0.4) is 0 Å². The molecule has 0 radical (unpaired) electrons. The van der Waals surface area contributed by atoms with Crippen molar-refractivity contribution in [1.82, 2.24) is 0 Å². The third-order valence-corrected chi connectivity index (χ3v) is 1.81. The summed E-state index contributed by atoms with van der Waals surface area (Å²) in [4.78, 5) is 0. The molecule has 1 aromatic rings. The Kier molecular flexibility index (Phi) is 3.98. The summed E-state index contributed by atoms with van der Waals surface area (Å²) in [6, 6.07) is 2.76. The molecule has 1 rings (SSSR count). The molecule has 0 saturated heterocycles. The highest BCUT2D eigenvalue weighted by molar-refractivity contribution is 5.21. The first kappa shape index (κ1) is 11.1. The molecular weight excluding hydrogens is 188 g/mol. The van der Waals surface area contributed by atoms with E-state index in [2.05, 4.69) is 0 Å². The Hall–Kier alpha value is -1.00. The Labute approximate surface area is 81.7 Å². The quantitative estimate of drug-likeness (QED) is 0.808. The van der Waals surface area contributed by atoms with Gasteiger partial charge in [-0.1, -0.05) is 0 Å². The largest absolute Gasteiger partial charge is 0.380 e. The summed E-state index contributed by atoms with van der Waals surface area (Å²) >= 11 is 0. The smallest absolute Gasteiger partial charge is 0.126 e. The van der Waals surface area contributed by atoms with E-state index < -0.39 is 17.7 Å². The second kappa shape index (κ2) is 5.02. The molecule has 0 aliphatic rings. The zero-order valence-corrected chi connectivity index (χ0v) is 7.97. The molecule has 0 amide bonds. The van der Waals surface area contributed by atoms with Crippen LogP contribution in [0, 0.1) is 11.6 Å². The Morgan fingerprint density at radius 1 is 1.29 bits per heavy atom. The SMILES string of the molecule is CCOCC(N)c1cc(F)cc(F)c1. The zero-order chi connectivity index (χ0) is 10.6. The average Bonchev–Trinajstić information content (AvgIpc) is 2.12. The molecule has 0 aliphatic heterocycles. The molecule has 2 N–H and O–H groups in total. The second-order valence-electron chi connectivity index (χ2n) is 2.97. The first-order valence-electron chi connectivity index (χ1n) is 4.42. The highest BCUT2D eigenvalue weighted by Gasteiger charge is 2.08. The first-order valence-corrected chi connectivity index (χ1v) is 4.42. The average molecular weight is 201 g/mol. The minimum atomic E-state index is -0.619.